The summed E-state index contributed by atoms with van der Waals surface area (Å²) >= 11 is 1.64. The van der Waals surface area contributed by atoms with E-state index in [2.05, 4.69) is 25.6 Å². The molecule has 2 N–H and O–H groups in total. The van der Waals surface area contributed by atoms with Gasteiger partial charge in [0.2, 0.25) is 0 Å². The molecule has 0 fully saturated rings. The minimum atomic E-state index is -0.245. The van der Waals surface area contributed by atoms with E-state index in [4.69, 9.17) is 0 Å². The maximum Gasteiger partial charge on any atom is 0.320 e. The standard InChI is InChI=1S/C17H17N5OS/c23-17(22-15-4-1-2-8-19-15)20-9-3-5-16-21-14(12-24-16)13-6-10-18-11-7-13/h1-2,4,6-8,10-12H,3,5,9H2,(H2,19,20,22,23). The number of hydrogen-bond acceptors (Lipinski definition) is 5. The average Bonchev–Trinajstić information content (AvgIpc) is 3.09. The maximum atomic E-state index is 11.7. The molecule has 0 unspecified atom stereocenters. The van der Waals surface area contributed by atoms with Crippen molar-refractivity contribution < 1.29 is 4.79 Å². The molecule has 0 aliphatic carbocycles. The Morgan fingerprint density at radius 2 is 2.00 bits per heavy atom. The zero-order valence-corrected chi connectivity index (χ0v) is 13.8. The highest BCUT2D eigenvalue weighted by Crippen LogP contribution is 2.21. The Balaban J connectivity index is 1.41. The van der Waals surface area contributed by atoms with Crippen LogP contribution in [0, 0.1) is 0 Å². The number of carbonyl (C=O) groups excluding carboxylic acids is 1. The van der Waals surface area contributed by atoms with Gasteiger partial charge in [0.15, 0.2) is 0 Å². The molecule has 0 radical (unpaired) electrons. The minimum absolute atomic E-state index is 0.245. The van der Waals surface area contributed by atoms with Crippen LogP contribution in [0.15, 0.2) is 54.3 Å². The molecule has 3 rings (SSSR count). The molecule has 2 amide bonds. The van der Waals surface area contributed by atoms with Gasteiger partial charge in [-0.1, -0.05) is 6.07 Å². The predicted octanol–water partition coefficient (Wildman–Crippen LogP) is 3.35. The van der Waals surface area contributed by atoms with Crippen molar-refractivity contribution in [2.45, 2.75) is 12.8 Å². The normalized spacial score (nSPS) is 10.3. The van der Waals surface area contributed by atoms with Crippen molar-refractivity contribution in [2.24, 2.45) is 0 Å². The summed E-state index contributed by atoms with van der Waals surface area (Å²) in [6.45, 7) is 0.586. The Labute approximate surface area is 144 Å². The summed E-state index contributed by atoms with van der Waals surface area (Å²) in [5.74, 6) is 0.539. The van der Waals surface area contributed by atoms with Crippen molar-refractivity contribution in [1.82, 2.24) is 20.3 Å². The second-order valence-corrected chi connectivity index (χ2v) is 6.00. The molecule has 3 aromatic rings. The lowest BCUT2D eigenvalue weighted by atomic mass is 10.2. The van der Waals surface area contributed by atoms with Crippen molar-refractivity contribution in [3.63, 3.8) is 0 Å². The highest BCUT2D eigenvalue weighted by atomic mass is 32.1. The molecule has 0 bridgehead atoms. The Hall–Kier alpha value is -2.80. The largest absolute Gasteiger partial charge is 0.338 e. The number of rotatable bonds is 6. The van der Waals surface area contributed by atoms with Crippen LogP contribution in [0.5, 0.6) is 0 Å². The smallest absolute Gasteiger partial charge is 0.320 e. The van der Waals surface area contributed by atoms with Crippen LogP contribution >= 0.6 is 11.3 Å². The van der Waals surface area contributed by atoms with Crippen molar-refractivity contribution >= 4 is 23.2 Å². The molecule has 7 heteroatoms. The summed E-state index contributed by atoms with van der Waals surface area (Å²) in [7, 11) is 0. The summed E-state index contributed by atoms with van der Waals surface area (Å²) in [4.78, 5) is 24.4. The molecule has 0 aliphatic rings. The lowest BCUT2D eigenvalue weighted by Gasteiger charge is -2.06. The molecule has 24 heavy (non-hydrogen) atoms. The molecule has 6 nitrogen and oxygen atoms in total. The van der Waals surface area contributed by atoms with Crippen molar-refractivity contribution in [3.8, 4) is 11.3 Å². The highest BCUT2D eigenvalue weighted by Gasteiger charge is 2.05. The number of thiazole rings is 1. The molecule has 122 valence electrons. The fourth-order valence-corrected chi connectivity index (χ4v) is 2.97. The van der Waals surface area contributed by atoms with Gasteiger partial charge in [-0.05, 0) is 30.7 Å². The second-order valence-electron chi connectivity index (χ2n) is 5.06. The van der Waals surface area contributed by atoms with Crippen molar-refractivity contribution in [3.05, 3.63) is 59.3 Å². The van der Waals surface area contributed by atoms with Crippen LogP contribution in [0.4, 0.5) is 10.6 Å². The number of hydrogen-bond donors (Lipinski definition) is 2. The van der Waals surface area contributed by atoms with Gasteiger partial charge >= 0.3 is 6.03 Å². The zero-order chi connectivity index (χ0) is 16.6. The minimum Gasteiger partial charge on any atom is -0.338 e. The van der Waals surface area contributed by atoms with Crippen molar-refractivity contribution in [1.29, 1.82) is 0 Å². The van der Waals surface area contributed by atoms with Gasteiger partial charge in [0.1, 0.15) is 5.82 Å². The average molecular weight is 339 g/mol. The van der Waals surface area contributed by atoms with E-state index in [1.165, 1.54) is 0 Å². The fourth-order valence-electron chi connectivity index (χ4n) is 2.12. The van der Waals surface area contributed by atoms with Crippen LogP contribution in [-0.4, -0.2) is 27.5 Å². The summed E-state index contributed by atoms with van der Waals surface area (Å²) < 4.78 is 0. The Bertz CT molecular complexity index is 776. The van der Waals surface area contributed by atoms with Gasteiger partial charge in [-0.15, -0.1) is 11.3 Å². The summed E-state index contributed by atoms with van der Waals surface area (Å²) in [5, 5.41) is 8.62. The van der Waals surface area contributed by atoms with Crippen LogP contribution in [0.2, 0.25) is 0 Å². The van der Waals surface area contributed by atoms with E-state index in [-0.39, 0.29) is 6.03 Å². The first-order valence-electron chi connectivity index (χ1n) is 7.62. The number of nitrogens with zero attached hydrogens (tertiary/aromatic N) is 3. The zero-order valence-electron chi connectivity index (χ0n) is 13.0. The lowest BCUT2D eigenvalue weighted by Crippen LogP contribution is -2.30. The third kappa shape index (κ3) is 4.60. The molecule has 0 atom stereocenters. The number of carbonyl (C=O) groups is 1. The van der Waals surface area contributed by atoms with E-state index in [1.807, 2.05) is 23.6 Å². The van der Waals surface area contributed by atoms with Gasteiger partial charge < -0.3 is 5.32 Å². The predicted molar refractivity (Wildman–Crippen MR) is 94.9 cm³/mol. The van der Waals surface area contributed by atoms with Gasteiger partial charge in [-0.2, -0.15) is 0 Å². The second kappa shape index (κ2) is 8.16. The molecule has 0 aromatic carbocycles. The monoisotopic (exact) mass is 339 g/mol. The van der Waals surface area contributed by atoms with Gasteiger partial charge in [0.25, 0.3) is 0 Å². The van der Waals surface area contributed by atoms with E-state index >= 15 is 0 Å². The molecule has 0 aliphatic heterocycles. The molecule has 3 heterocycles. The van der Waals surface area contributed by atoms with E-state index in [1.54, 1.807) is 42.1 Å². The van der Waals surface area contributed by atoms with Gasteiger partial charge in [-0.25, -0.2) is 14.8 Å². The molecule has 0 saturated heterocycles. The Kier molecular flexibility index (Phi) is 5.47. The van der Waals surface area contributed by atoms with Crippen LogP contribution in [-0.2, 0) is 6.42 Å². The first-order chi connectivity index (χ1) is 11.8. The van der Waals surface area contributed by atoms with Crippen molar-refractivity contribution in [2.75, 3.05) is 11.9 Å². The molecular weight excluding hydrogens is 322 g/mol. The maximum absolute atomic E-state index is 11.7. The van der Waals surface area contributed by atoms with E-state index in [9.17, 15) is 4.79 Å². The van der Waals surface area contributed by atoms with Crippen LogP contribution in [0.1, 0.15) is 11.4 Å². The van der Waals surface area contributed by atoms with Crippen LogP contribution < -0.4 is 10.6 Å². The third-order valence-corrected chi connectivity index (χ3v) is 4.20. The number of pyridine rings is 2. The lowest BCUT2D eigenvalue weighted by molar-refractivity contribution is 0.252. The number of amides is 2. The van der Waals surface area contributed by atoms with Gasteiger partial charge in [0.05, 0.1) is 10.7 Å². The first kappa shape index (κ1) is 16.1. The number of nitrogens with one attached hydrogen (secondary N) is 2. The quantitative estimate of drug-likeness (QED) is 0.675. The molecule has 3 aromatic heterocycles. The number of urea groups is 1. The Morgan fingerprint density at radius 3 is 2.79 bits per heavy atom. The fraction of sp³-hybridized carbons (Fsp3) is 0.176. The SMILES string of the molecule is O=C(NCCCc1nc(-c2ccncc2)cs1)Nc1ccccn1. The molecule has 0 saturated carbocycles. The van der Waals surface area contributed by atoms with Crippen LogP contribution in [0.25, 0.3) is 11.3 Å². The topological polar surface area (TPSA) is 79.8 Å². The van der Waals surface area contributed by atoms with E-state index in [0.717, 1.165) is 29.1 Å². The van der Waals surface area contributed by atoms with Gasteiger partial charge in [-0.3, -0.25) is 10.3 Å². The van der Waals surface area contributed by atoms with E-state index < -0.39 is 0 Å². The summed E-state index contributed by atoms with van der Waals surface area (Å²) in [5.41, 5.74) is 2.04. The Morgan fingerprint density at radius 1 is 1.12 bits per heavy atom. The summed E-state index contributed by atoms with van der Waals surface area (Å²) in [6.07, 6.45) is 6.83. The van der Waals surface area contributed by atoms with Crippen LogP contribution in [0.3, 0.4) is 0 Å². The summed E-state index contributed by atoms with van der Waals surface area (Å²) in [6, 6.07) is 9.02. The molecule has 0 spiro atoms. The first-order valence-corrected chi connectivity index (χ1v) is 8.50. The highest BCUT2D eigenvalue weighted by molar-refractivity contribution is 7.09. The van der Waals surface area contributed by atoms with E-state index in [0.29, 0.717) is 12.4 Å². The number of aryl methyl sites for hydroxylation is 1. The number of anilines is 1. The molecular formula is C17H17N5OS. The third-order valence-electron chi connectivity index (χ3n) is 3.29. The van der Waals surface area contributed by atoms with Gasteiger partial charge in [0, 0.05) is 42.5 Å². The number of aromatic nitrogens is 3.